The molecule has 0 aliphatic carbocycles. The van der Waals surface area contributed by atoms with Gasteiger partial charge in [-0.05, 0) is 30.7 Å². The number of pyridine rings is 1. The van der Waals surface area contributed by atoms with Crippen molar-refractivity contribution in [3.8, 4) is 11.5 Å². The third-order valence-corrected chi connectivity index (χ3v) is 6.56. The number of hydrogen-bond acceptors (Lipinski definition) is 9. The number of nitrogens with zero attached hydrogens (tertiary/aromatic N) is 5. The molecule has 178 valence electrons. The molecule has 2 aliphatic heterocycles. The Bertz CT molecular complexity index is 1430. The fourth-order valence-electron chi connectivity index (χ4n) is 4.87. The molecule has 0 amide bonds. The van der Waals surface area contributed by atoms with Crippen molar-refractivity contribution in [2.45, 2.75) is 31.5 Å². The molecule has 0 saturated carbocycles. The lowest BCUT2D eigenvalue weighted by atomic mass is 10.1. The van der Waals surface area contributed by atoms with Gasteiger partial charge in [0.05, 0.1) is 17.8 Å². The van der Waals surface area contributed by atoms with Gasteiger partial charge in [-0.3, -0.25) is 14.6 Å². The number of benzene rings is 1. The second-order valence-electron chi connectivity index (χ2n) is 8.71. The van der Waals surface area contributed by atoms with Crippen LogP contribution >= 0.6 is 0 Å². The summed E-state index contributed by atoms with van der Waals surface area (Å²) in [6, 6.07) is 13.2. The Morgan fingerprint density at radius 3 is 2.57 bits per heavy atom. The van der Waals surface area contributed by atoms with Crippen LogP contribution in [0.1, 0.15) is 24.4 Å². The van der Waals surface area contributed by atoms with Gasteiger partial charge >= 0.3 is 6.43 Å². The van der Waals surface area contributed by atoms with Gasteiger partial charge < -0.3 is 19.5 Å². The van der Waals surface area contributed by atoms with Gasteiger partial charge in [-0.2, -0.15) is 8.78 Å². The summed E-state index contributed by atoms with van der Waals surface area (Å²) < 4.78 is 30.5. The van der Waals surface area contributed by atoms with E-state index in [2.05, 4.69) is 25.4 Å². The van der Waals surface area contributed by atoms with Crippen LogP contribution in [0.3, 0.4) is 0 Å². The quantitative estimate of drug-likeness (QED) is 0.401. The molecule has 2 atom stereocenters. The fourth-order valence-corrected chi connectivity index (χ4v) is 4.87. The van der Waals surface area contributed by atoms with Crippen LogP contribution in [0.4, 0.5) is 25.8 Å². The van der Waals surface area contributed by atoms with E-state index in [1.807, 2.05) is 35.2 Å². The van der Waals surface area contributed by atoms with Gasteiger partial charge in [-0.25, -0.2) is 0 Å². The Hall–Kier alpha value is -3.99. The molecule has 0 radical (unpaired) electrons. The number of para-hydroxylation sites is 1. The summed E-state index contributed by atoms with van der Waals surface area (Å²) >= 11 is 0. The van der Waals surface area contributed by atoms with Crippen molar-refractivity contribution in [3.63, 3.8) is 0 Å². The summed E-state index contributed by atoms with van der Waals surface area (Å²) in [4.78, 5) is 33.8. The molecule has 1 N–H and O–H groups in total. The van der Waals surface area contributed by atoms with Crippen LogP contribution in [0, 0.1) is 0 Å². The first-order chi connectivity index (χ1) is 17.0. The maximum atomic E-state index is 12.8. The van der Waals surface area contributed by atoms with E-state index in [1.165, 1.54) is 6.20 Å². The lowest BCUT2D eigenvalue weighted by molar-refractivity contribution is 0.116. The average molecular weight is 478 g/mol. The average Bonchev–Trinajstić information content (AvgIpc) is 3.64. The summed E-state index contributed by atoms with van der Waals surface area (Å²) in [5.41, 5.74) is 1.63. The number of piperazine rings is 1. The van der Waals surface area contributed by atoms with Crippen LogP contribution in [0.5, 0.6) is 0 Å². The highest BCUT2D eigenvalue weighted by Crippen LogP contribution is 2.37. The smallest absolute Gasteiger partial charge is 0.314 e. The Balaban J connectivity index is 1.32. The molecule has 6 rings (SSSR count). The Labute approximate surface area is 197 Å². The minimum absolute atomic E-state index is 0.0540. The zero-order valence-electron chi connectivity index (χ0n) is 18.4. The van der Waals surface area contributed by atoms with Crippen LogP contribution in [-0.4, -0.2) is 40.4 Å². The zero-order valence-corrected chi connectivity index (χ0v) is 18.4. The van der Waals surface area contributed by atoms with Gasteiger partial charge in [0.15, 0.2) is 0 Å². The second-order valence-corrected chi connectivity index (χ2v) is 8.71. The largest absolute Gasteiger partial charge is 0.415 e. The molecule has 4 heterocycles. The van der Waals surface area contributed by atoms with Crippen molar-refractivity contribution in [1.82, 2.24) is 20.5 Å². The molecule has 11 heteroatoms. The van der Waals surface area contributed by atoms with Crippen molar-refractivity contribution in [1.29, 1.82) is 0 Å². The van der Waals surface area contributed by atoms with Crippen molar-refractivity contribution in [2.75, 3.05) is 22.9 Å². The first kappa shape index (κ1) is 21.5. The Morgan fingerprint density at radius 2 is 1.94 bits per heavy atom. The molecule has 2 aromatic heterocycles. The van der Waals surface area contributed by atoms with E-state index >= 15 is 0 Å². The van der Waals surface area contributed by atoms with E-state index in [-0.39, 0.29) is 18.5 Å². The third kappa shape index (κ3) is 3.68. The van der Waals surface area contributed by atoms with Crippen molar-refractivity contribution in [2.24, 2.45) is 0 Å². The monoisotopic (exact) mass is 478 g/mol. The highest BCUT2D eigenvalue weighted by atomic mass is 19.3. The molecule has 0 unspecified atom stereocenters. The lowest BCUT2D eigenvalue weighted by Gasteiger charge is -2.35. The Morgan fingerprint density at radius 1 is 1.11 bits per heavy atom. The topological polar surface area (TPSA) is 104 Å². The molecular weight excluding hydrogens is 458 g/mol. The van der Waals surface area contributed by atoms with Crippen LogP contribution in [0.2, 0.25) is 0 Å². The molecule has 2 bridgehead atoms. The van der Waals surface area contributed by atoms with Crippen molar-refractivity contribution >= 4 is 17.1 Å². The van der Waals surface area contributed by atoms with Gasteiger partial charge in [0.2, 0.25) is 5.89 Å². The first-order valence-corrected chi connectivity index (χ1v) is 11.2. The number of anilines is 3. The zero-order chi connectivity index (χ0) is 24.1. The number of halogens is 2. The van der Waals surface area contributed by atoms with Crippen LogP contribution < -0.4 is 26.0 Å². The predicted octanol–water partition coefficient (Wildman–Crippen LogP) is 2.55. The standard InChI is InChI=1S/C24H20F2N6O3/c25-22(26)24-30-29-23(35-24)13-6-7-14(27-9-13)11-31(16-4-2-1-3-5-16)18-19(21(34)20(18)33)32-12-15-8-17(32)10-28-15/h1-7,9,15,17,22,28H,8,10-12H2/t15-,17-/m0/s1. The van der Waals surface area contributed by atoms with Gasteiger partial charge in [0.1, 0.15) is 11.4 Å². The molecule has 9 nitrogen and oxygen atoms in total. The molecule has 35 heavy (non-hydrogen) atoms. The molecule has 2 aromatic carbocycles. The number of aromatic nitrogens is 3. The number of rotatable bonds is 7. The van der Waals surface area contributed by atoms with E-state index in [0.29, 0.717) is 35.2 Å². The fraction of sp³-hybridized carbons (Fsp3) is 0.292. The summed E-state index contributed by atoms with van der Waals surface area (Å²) in [7, 11) is 0. The highest BCUT2D eigenvalue weighted by Gasteiger charge is 2.42. The first-order valence-electron chi connectivity index (χ1n) is 11.2. The van der Waals surface area contributed by atoms with E-state index < -0.39 is 23.2 Å². The van der Waals surface area contributed by atoms with Crippen molar-refractivity contribution < 1.29 is 13.2 Å². The molecule has 2 fully saturated rings. The van der Waals surface area contributed by atoms with Gasteiger partial charge in [0, 0.05) is 37.1 Å². The molecular formula is C24H20F2N6O3. The maximum absolute atomic E-state index is 12.8. The summed E-state index contributed by atoms with van der Waals surface area (Å²) in [5.74, 6) is -0.806. The van der Waals surface area contributed by atoms with Crippen LogP contribution in [-0.2, 0) is 6.54 Å². The minimum Gasteiger partial charge on any atom is -0.415 e. The van der Waals surface area contributed by atoms with Gasteiger partial charge in [-0.1, -0.05) is 18.2 Å². The van der Waals surface area contributed by atoms with E-state index in [9.17, 15) is 18.4 Å². The third-order valence-electron chi connectivity index (χ3n) is 6.56. The highest BCUT2D eigenvalue weighted by molar-refractivity contribution is 5.82. The van der Waals surface area contributed by atoms with E-state index in [1.54, 1.807) is 12.1 Å². The minimum atomic E-state index is -2.85. The van der Waals surface area contributed by atoms with E-state index in [0.717, 1.165) is 18.7 Å². The number of alkyl halides is 2. The molecule has 2 saturated heterocycles. The number of nitrogens with one attached hydrogen (secondary N) is 1. The van der Waals surface area contributed by atoms with Crippen molar-refractivity contribution in [3.05, 3.63) is 80.7 Å². The predicted molar refractivity (Wildman–Crippen MR) is 124 cm³/mol. The Kier molecular flexibility index (Phi) is 5.14. The molecule has 4 aromatic rings. The van der Waals surface area contributed by atoms with Gasteiger partial charge in [0.25, 0.3) is 16.7 Å². The maximum Gasteiger partial charge on any atom is 0.314 e. The second kappa shape index (κ2) is 8.35. The normalized spacial score (nSPS) is 19.2. The summed E-state index contributed by atoms with van der Waals surface area (Å²) in [6.07, 6.45) is -0.444. The summed E-state index contributed by atoms with van der Waals surface area (Å²) in [5, 5.41) is 10.4. The lowest BCUT2D eigenvalue weighted by Crippen LogP contribution is -2.51. The van der Waals surface area contributed by atoms with Gasteiger partial charge in [-0.15, -0.1) is 10.2 Å². The molecule has 0 spiro atoms. The van der Waals surface area contributed by atoms with Crippen LogP contribution in [0.15, 0.2) is 62.7 Å². The molecule has 2 aliphatic rings. The number of fused-ring (bicyclic) bond motifs is 2. The summed E-state index contributed by atoms with van der Waals surface area (Å²) in [6.45, 7) is 1.72. The van der Waals surface area contributed by atoms with Crippen LogP contribution in [0.25, 0.3) is 11.5 Å². The number of hydrogen-bond donors (Lipinski definition) is 1. The SMILES string of the molecule is O=c1c(N(Cc2ccc(-c3nnc(C(F)F)o3)cn2)c2ccccc2)c(N2C[C@@H]3C[C@H]2CN3)c1=O. The van der Waals surface area contributed by atoms with E-state index in [4.69, 9.17) is 4.42 Å².